The molecule has 1 aliphatic rings. The van der Waals surface area contributed by atoms with Gasteiger partial charge in [0.2, 0.25) is 0 Å². The Hall–Kier alpha value is -1.68. The summed E-state index contributed by atoms with van der Waals surface area (Å²) in [6.07, 6.45) is 4.17. The normalized spacial score (nSPS) is 19.2. The lowest BCUT2D eigenvalue weighted by atomic mass is 10.2. The molecule has 1 N–H and O–H groups in total. The molecule has 4 heteroatoms. The molecular formula is C15H20N4. The average Bonchev–Trinajstić information content (AvgIpc) is 2.92. The lowest BCUT2D eigenvalue weighted by Gasteiger charge is -2.26. The van der Waals surface area contributed by atoms with Gasteiger partial charge in [0.1, 0.15) is 12.1 Å². The maximum absolute atomic E-state index is 4.53. The number of rotatable bonds is 4. The van der Waals surface area contributed by atoms with E-state index in [1.54, 1.807) is 6.33 Å². The maximum Gasteiger partial charge on any atom is 0.140 e. The van der Waals surface area contributed by atoms with Crippen LogP contribution in [0.25, 0.3) is 10.9 Å². The summed E-state index contributed by atoms with van der Waals surface area (Å²) in [5.41, 5.74) is 1.03. The van der Waals surface area contributed by atoms with Crippen LogP contribution in [0.2, 0.25) is 0 Å². The molecule has 1 aliphatic heterocycles. The molecule has 3 rings (SSSR count). The van der Waals surface area contributed by atoms with Crippen molar-refractivity contribution in [3.05, 3.63) is 30.6 Å². The summed E-state index contributed by atoms with van der Waals surface area (Å²) in [5, 5.41) is 4.61. The largest absolute Gasteiger partial charge is 0.352 e. The topological polar surface area (TPSA) is 41.0 Å². The minimum Gasteiger partial charge on any atom is -0.352 e. The fourth-order valence-corrected chi connectivity index (χ4v) is 2.86. The van der Waals surface area contributed by atoms with Crippen molar-refractivity contribution < 1.29 is 0 Å². The summed E-state index contributed by atoms with van der Waals surface area (Å²) in [6.45, 7) is 5.31. The first-order chi connectivity index (χ1) is 9.40. The second kappa shape index (κ2) is 5.53. The van der Waals surface area contributed by atoms with Crippen molar-refractivity contribution in [3.8, 4) is 0 Å². The molecule has 1 unspecified atom stereocenters. The summed E-state index contributed by atoms with van der Waals surface area (Å²) >= 11 is 0. The van der Waals surface area contributed by atoms with Crippen LogP contribution in [0.5, 0.6) is 0 Å². The van der Waals surface area contributed by atoms with Gasteiger partial charge >= 0.3 is 0 Å². The first-order valence-corrected chi connectivity index (χ1v) is 7.07. The average molecular weight is 256 g/mol. The molecule has 2 aromatic rings. The maximum atomic E-state index is 4.53. The highest BCUT2D eigenvalue weighted by molar-refractivity contribution is 5.89. The van der Waals surface area contributed by atoms with E-state index in [0.717, 1.165) is 36.4 Å². The Bertz CT molecular complexity index is 549. The number of nitrogens with zero attached hydrogens (tertiary/aromatic N) is 3. The van der Waals surface area contributed by atoms with E-state index in [-0.39, 0.29) is 0 Å². The van der Waals surface area contributed by atoms with Gasteiger partial charge in [-0.05, 0) is 31.5 Å². The van der Waals surface area contributed by atoms with Crippen LogP contribution in [-0.2, 0) is 0 Å². The quantitative estimate of drug-likeness (QED) is 0.910. The predicted molar refractivity (Wildman–Crippen MR) is 78.4 cm³/mol. The third-order valence-corrected chi connectivity index (χ3v) is 3.80. The van der Waals surface area contributed by atoms with Gasteiger partial charge in [0.25, 0.3) is 0 Å². The monoisotopic (exact) mass is 256 g/mol. The number of aromatic nitrogens is 2. The Morgan fingerprint density at radius 2 is 2.21 bits per heavy atom. The van der Waals surface area contributed by atoms with Gasteiger partial charge in [-0.15, -0.1) is 0 Å². The van der Waals surface area contributed by atoms with Gasteiger partial charge in [-0.25, -0.2) is 9.97 Å². The molecule has 0 spiro atoms. The van der Waals surface area contributed by atoms with Gasteiger partial charge in [-0.1, -0.05) is 19.1 Å². The van der Waals surface area contributed by atoms with E-state index in [2.05, 4.69) is 45.3 Å². The lowest BCUT2D eigenvalue weighted by Crippen LogP contribution is -2.38. The first-order valence-electron chi connectivity index (χ1n) is 7.07. The van der Waals surface area contributed by atoms with E-state index in [0.29, 0.717) is 6.04 Å². The van der Waals surface area contributed by atoms with Gasteiger partial charge in [-0.2, -0.15) is 0 Å². The van der Waals surface area contributed by atoms with Crippen molar-refractivity contribution in [1.82, 2.24) is 15.3 Å². The van der Waals surface area contributed by atoms with Crippen LogP contribution in [0.15, 0.2) is 30.6 Å². The Labute approximate surface area is 113 Å². The van der Waals surface area contributed by atoms with E-state index in [1.807, 2.05) is 6.07 Å². The molecule has 0 radical (unpaired) electrons. The van der Waals surface area contributed by atoms with Crippen LogP contribution >= 0.6 is 0 Å². The number of anilines is 1. The highest BCUT2D eigenvalue weighted by atomic mass is 15.2. The molecule has 19 heavy (non-hydrogen) atoms. The van der Waals surface area contributed by atoms with E-state index < -0.39 is 0 Å². The summed E-state index contributed by atoms with van der Waals surface area (Å²) in [4.78, 5) is 11.3. The van der Waals surface area contributed by atoms with Crippen molar-refractivity contribution in [1.29, 1.82) is 0 Å². The zero-order chi connectivity index (χ0) is 13.1. The Morgan fingerprint density at radius 3 is 3.11 bits per heavy atom. The first kappa shape index (κ1) is 12.4. The molecular weight excluding hydrogens is 236 g/mol. The van der Waals surface area contributed by atoms with Gasteiger partial charge < -0.3 is 10.2 Å². The number of benzene rings is 1. The number of fused-ring (bicyclic) bond motifs is 1. The molecule has 0 saturated carbocycles. The highest BCUT2D eigenvalue weighted by Gasteiger charge is 2.26. The molecule has 100 valence electrons. The van der Waals surface area contributed by atoms with Crippen molar-refractivity contribution in [2.24, 2.45) is 0 Å². The molecule has 1 atom stereocenters. The van der Waals surface area contributed by atoms with E-state index >= 15 is 0 Å². The molecule has 1 fully saturated rings. The fourth-order valence-electron chi connectivity index (χ4n) is 2.86. The Kier molecular flexibility index (Phi) is 3.60. The summed E-state index contributed by atoms with van der Waals surface area (Å²) in [6, 6.07) is 8.81. The van der Waals surface area contributed by atoms with Crippen molar-refractivity contribution in [3.63, 3.8) is 0 Å². The van der Waals surface area contributed by atoms with E-state index in [1.165, 1.54) is 12.8 Å². The third kappa shape index (κ3) is 2.40. The zero-order valence-corrected chi connectivity index (χ0v) is 11.3. The minimum atomic E-state index is 0.554. The number of hydrogen-bond donors (Lipinski definition) is 1. The van der Waals surface area contributed by atoms with Crippen LogP contribution in [0, 0.1) is 0 Å². The molecule has 1 aromatic carbocycles. The van der Waals surface area contributed by atoms with Gasteiger partial charge in [-0.3, -0.25) is 0 Å². The van der Waals surface area contributed by atoms with E-state index in [9.17, 15) is 0 Å². The summed E-state index contributed by atoms with van der Waals surface area (Å²) in [7, 11) is 0. The fraction of sp³-hybridized carbons (Fsp3) is 0.467. The van der Waals surface area contributed by atoms with Crippen LogP contribution in [0.4, 0.5) is 5.82 Å². The third-order valence-electron chi connectivity index (χ3n) is 3.80. The van der Waals surface area contributed by atoms with Crippen molar-refractivity contribution in [2.45, 2.75) is 25.8 Å². The second-order valence-electron chi connectivity index (χ2n) is 5.01. The molecule has 0 amide bonds. The lowest BCUT2D eigenvalue weighted by molar-refractivity contribution is 0.585. The van der Waals surface area contributed by atoms with Crippen LogP contribution < -0.4 is 10.2 Å². The molecule has 0 bridgehead atoms. The van der Waals surface area contributed by atoms with Gasteiger partial charge in [0.15, 0.2) is 0 Å². The molecule has 1 aromatic heterocycles. The Morgan fingerprint density at radius 1 is 1.32 bits per heavy atom. The van der Waals surface area contributed by atoms with Crippen LogP contribution in [0.1, 0.15) is 19.8 Å². The summed E-state index contributed by atoms with van der Waals surface area (Å²) < 4.78 is 0. The number of likely N-dealkylation sites (N-methyl/N-ethyl adjacent to an activating group) is 1. The highest BCUT2D eigenvalue weighted by Crippen LogP contribution is 2.28. The molecule has 0 aliphatic carbocycles. The number of nitrogens with one attached hydrogen (secondary N) is 1. The van der Waals surface area contributed by atoms with E-state index in [4.69, 9.17) is 0 Å². The van der Waals surface area contributed by atoms with Gasteiger partial charge in [0.05, 0.1) is 5.52 Å². The van der Waals surface area contributed by atoms with Gasteiger partial charge in [0, 0.05) is 24.5 Å². The molecule has 4 nitrogen and oxygen atoms in total. The second-order valence-corrected chi connectivity index (χ2v) is 5.01. The zero-order valence-electron chi connectivity index (χ0n) is 11.3. The summed E-state index contributed by atoms with van der Waals surface area (Å²) in [5.74, 6) is 1.09. The van der Waals surface area contributed by atoms with Crippen LogP contribution in [0.3, 0.4) is 0 Å². The van der Waals surface area contributed by atoms with Crippen molar-refractivity contribution >= 4 is 16.7 Å². The Balaban J connectivity index is 1.94. The predicted octanol–water partition coefficient (Wildman–Crippen LogP) is 2.21. The molecule has 2 heterocycles. The minimum absolute atomic E-state index is 0.554. The number of para-hydroxylation sites is 1. The smallest absolute Gasteiger partial charge is 0.140 e. The van der Waals surface area contributed by atoms with Crippen molar-refractivity contribution in [2.75, 3.05) is 24.5 Å². The SMILES string of the molecule is CCNCC1CCCN1c1ncnc2ccccc12. The van der Waals surface area contributed by atoms with Crippen LogP contribution in [-0.4, -0.2) is 35.6 Å². The standard InChI is InChI=1S/C15H20N4/c1-2-16-10-12-6-5-9-19(12)15-13-7-3-4-8-14(13)17-11-18-15/h3-4,7-8,11-12,16H,2,5-6,9-10H2,1H3. The number of hydrogen-bond acceptors (Lipinski definition) is 4. The molecule has 1 saturated heterocycles.